The Morgan fingerprint density at radius 2 is 2.00 bits per heavy atom. The number of para-hydroxylation sites is 1. The number of hydrogen-bond acceptors (Lipinski definition) is 5. The van der Waals surface area contributed by atoms with Crippen LogP contribution in [0, 0.1) is 0 Å². The number of rotatable bonds is 5. The fraction of sp³-hybridized carbons (Fsp3) is 0.381. The average Bonchev–Trinajstić information content (AvgIpc) is 3.26. The molecule has 1 amide bonds. The van der Waals surface area contributed by atoms with E-state index >= 15 is 0 Å². The molecule has 1 aliphatic rings. The van der Waals surface area contributed by atoms with Crippen molar-refractivity contribution >= 4 is 34.0 Å². The monoisotopic (exact) mass is 380 g/mol. The predicted molar refractivity (Wildman–Crippen MR) is 110 cm³/mol. The standard InChI is InChI=1S/C21H24N4OS/c1-2-11-25(21(26)19-8-5-14-27-19)16-9-12-24(13-10-16)20-17-6-3-4-7-18(17)22-15-23-20/h3-8,14-16H,2,9-13H2,1H3. The molecule has 4 rings (SSSR count). The lowest BCUT2D eigenvalue weighted by atomic mass is 10.0. The van der Waals surface area contributed by atoms with Gasteiger partial charge >= 0.3 is 0 Å². The molecule has 1 fully saturated rings. The summed E-state index contributed by atoms with van der Waals surface area (Å²) in [5.74, 6) is 1.18. The molecule has 0 N–H and O–H groups in total. The van der Waals surface area contributed by atoms with Crippen molar-refractivity contribution in [2.45, 2.75) is 32.2 Å². The van der Waals surface area contributed by atoms with Gasteiger partial charge in [-0.1, -0.05) is 25.1 Å². The van der Waals surface area contributed by atoms with Gasteiger partial charge in [0.1, 0.15) is 12.1 Å². The summed E-state index contributed by atoms with van der Waals surface area (Å²) in [6.07, 6.45) is 4.56. The van der Waals surface area contributed by atoms with Crippen LogP contribution in [0.5, 0.6) is 0 Å². The number of benzene rings is 1. The summed E-state index contributed by atoms with van der Waals surface area (Å²) in [6.45, 7) is 4.77. The van der Waals surface area contributed by atoms with Crippen LogP contribution < -0.4 is 4.90 Å². The predicted octanol–water partition coefficient (Wildman–Crippen LogP) is 4.21. The van der Waals surface area contributed by atoms with Crippen LogP contribution in [0.15, 0.2) is 48.1 Å². The molecular weight excluding hydrogens is 356 g/mol. The second-order valence-electron chi connectivity index (χ2n) is 6.91. The van der Waals surface area contributed by atoms with Crippen LogP contribution in [0.3, 0.4) is 0 Å². The molecule has 27 heavy (non-hydrogen) atoms. The zero-order chi connectivity index (χ0) is 18.6. The molecule has 0 radical (unpaired) electrons. The minimum Gasteiger partial charge on any atom is -0.356 e. The van der Waals surface area contributed by atoms with Crippen molar-refractivity contribution in [1.82, 2.24) is 14.9 Å². The molecule has 1 aliphatic heterocycles. The van der Waals surface area contributed by atoms with Gasteiger partial charge in [-0.15, -0.1) is 11.3 Å². The van der Waals surface area contributed by atoms with Crippen LogP contribution in [-0.2, 0) is 0 Å². The highest BCUT2D eigenvalue weighted by atomic mass is 32.1. The summed E-state index contributed by atoms with van der Waals surface area (Å²) in [5, 5.41) is 3.07. The number of anilines is 1. The fourth-order valence-electron chi connectivity index (χ4n) is 3.86. The van der Waals surface area contributed by atoms with E-state index in [-0.39, 0.29) is 5.91 Å². The summed E-state index contributed by atoms with van der Waals surface area (Å²) in [5.41, 5.74) is 0.977. The van der Waals surface area contributed by atoms with Crippen molar-refractivity contribution in [3.8, 4) is 0 Å². The molecule has 3 heterocycles. The third kappa shape index (κ3) is 3.67. The van der Waals surface area contributed by atoms with Crippen LogP contribution in [0.1, 0.15) is 35.9 Å². The zero-order valence-corrected chi connectivity index (χ0v) is 16.4. The van der Waals surface area contributed by atoms with Crippen molar-refractivity contribution in [3.05, 3.63) is 53.0 Å². The van der Waals surface area contributed by atoms with Crippen molar-refractivity contribution in [1.29, 1.82) is 0 Å². The van der Waals surface area contributed by atoms with E-state index in [1.54, 1.807) is 6.33 Å². The molecule has 0 saturated carbocycles. The second kappa shape index (κ2) is 8.05. The molecule has 5 nitrogen and oxygen atoms in total. The van der Waals surface area contributed by atoms with E-state index in [2.05, 4.69) is 32.8 Å². The molecule has 0 atom stereocenters. The van der Waals surface area contributed by atoms with Gasteiger partial charge in [0.15, 0.2) is 0 Å². The Bertz CT molecular complexity index is 898. The number of carbonyl (C=O) groups excluding carboxylic acids is 1. The lowest BCUT2D eigenvalue weighted by Gasteiger charge is -2.39. The van der Waals surface area contributed by atoms with Gasteiger partial charge < -0.3 is 9.80 Å². The van der Waals surface area contributed by atoms with E-state index in [0.29, 0.717) is 6.04 Å². The molecular formula is C21H24N4OS. The first-order valence-electron chi connectivity index (χ1n) is 9.57. The van der Waals surface area contributed by atoms with Gasteiger partial charge in [0, 0.05) is 31.1 Å². The molecule has 1 aromatic carbocycles. The molecule has 6 heteroatoms. The Balaban J connectivity index is 1.49. The van der Waals surface area contributed by atoms with Gasteiger partial charge in [-0.05, 0) is 42.8 Å². The molecule has 0 bridgehead atoms. The maximum Gasteiger partial charge on any atom is 0.264 e. The van der Waals surface area contributed by atoms with E-state index in [9.17, 15) is 4.79 Å². The van der Waals surface area contributed by atoms with Gasteiger partial charge in [0.05, 0.1) is 10.4 Å². The first kappa shape index (κ1) is 17.9. The smallest absolute Gasteiger partial charge is 0.264 e. The quantitative estimate of drug-likeness (QED) is 0.665. The number of amides is 1. The SMILES string of the molecule is CCCN(C(=O)c1cccs1)C1CCN(c2ncnc3ccccc23)CC1. The number of carbonyl (C=O) groups is 1. The lowest BCUT2D eigenvalue weighted by Crippen LogP contribution is -2.47. The number of nitrogens with zero attached hydrogens (tertiary/aromatic N) is 4. The Kier molecular flexibility index (Phi) is 5.34. The van der Waals surface area contributed by atoms with E-state index in [1.807, 2.05) is 35.7 Å². The van der Waals surface area contributed by atoms with E-state index in [0.717, 1.165) is 60.5 Å². The molecule has 0 aliphatic carbocycles. The number of fused-ring (bicyclic) bond motifs is 1. The Hall–Kier alpha value is -2.47. The maximum absolute atomic E-state index is 12.9. The van der Waals surface area contributed by atoms with E-state index in [1.165, 1.54) is 11.3 Å². The molecule has 1 saturated heterocycles. The molecule has 140 valence electrons. The molecule has 2 aromatic heterocycles. The highest BCUT2D eigenvalue weighted by molar-refractivity contribution is 7.12. The van der Waals surface area contributed by atoms with E-state index < -0.39 is 0 Å². The summed E-state index contributed by atoms with van der Waals surface area (Å²) < 4.78 is 0. The topological polar surface area (TPSA) is 49.3 Å². The van der Waals surface area contributed by atoms with Crippen LogP contribution in [0.2, 0.25) is 0 Å². The number of thiophene rings is 1. The van der Waals surface area contributed by atoms with Crippen LogP contribution in [-0.4, -0.2) is 46.5 Å². The molecule has 3 aromatic rings. The summed E-state index contributed by atoms with van der Waals surface area (Å²) in [6, 6.07) is 12.3. The third-order valence-corrected chi connectivity index (χ3v) is 6.04. The molecule has 0 unspecified atom stereocenters. The normalized spacial score (nSPS) is 15.2. The average molecular weight is 381 g/mol. The number of hydrogen-bond donors (Lipinski definition) is 0. The fourth-order valence-corrected chi connectivity index (χ4v) is 4.54. The largest absolute Gasteiger partial charge is 0.356 e. The number of piperidine rings is 1. The Morgan fingerprint density at radius 1 is 1.19 bits per heavy atom. The Labute approximate surface area is 163 Å². The van der Waals surface area contributed by atoms with Crippen LogP contribution in [0.25, 0.3) is 10.9 Å². The second-order valence-corrected chi connectivity index (χ2v) is 7.86. The summed E-state index contributed by atoms with van der Waals surface area (Å²) in [4.78, 5) is 27.1. The third-order valence-electron chi connectivity index (χ3n) is 5.18. The molecule has 0 spiro atoms. The van der Waals surface area contributed by atoms with Crippen molar-refractivity contribution in [2.75, 3.05) is 24.5 Å². The van der Waals surface area contributed by atoms with Crippen molar-refractivity contribution in [3.63, 3.8) is 0 Å². The Morgan fingerprint density at radius 3 is 2.74 bits per heavy atom. The van der Waals surface area contributed by atoms with Crippen molar-refractivity contribution < 1.29 is 4.79 Å². The maximum atomic E-state index is 12.9. The van der Waals surface area contributed by atoms with Gasteiger partial charge in [0.2, 0.25) is 0 Å². The van der Waals surface area contributed by atoms with Gasteiger partial charge in [-0.2, -0.15) is 0 Å². The first-order chi connectivity index (χ1) is 13.3. The lowest BCUT2D eigenvalue weighted by molar-refractivity contribution is 0.0655. The van der Waals surface area contributed by atoms with Crippen LogP contribution >= 0.6 is 11.3 Å². The first-order valence-corrected chi connectivity index (χ1v) is 10.4. The minimum absolute atomic E-state index is 0.179. The van der Waals surface area contributed by atoms with E-state index in [4.69, 9.17) is 0 Å². The highest BCUT2D eigenvalue weighted by Crippen LogP contribution is 2.27. The van der Waals surface area contributed by atoms with Gasteiger partial charge in [-0.3, -0.25) is 4.79 Å². The summed E-state index contributed by atoms with van der Waals surface area (Å²) in [7, 11) is 0. The van der Waals surface area contributed by atoms with Gasteiger partial charge in [0.25, 0.3) is 5.91 Å². The highest BCUT2D eigenvalue weighted by Gasteiger charge is 2.29. The van der Waals surface area contributed by atoms with Crippen LogP contribution in [0.4, 0.5) is 5.82 Å². The van der Waals surface area contributed by atoms with Crippen molar-refractivity contribution in [2.24, 2.45) is 0 Å². The number of aromatic nitrogens is 2. The van der Waals surface area contributed by atoms with Gasteiger partial charge in [-0.25, -0.2) is 9.97 Å². The zero-order valence-electron chi connectivity index (χ0n) is 15.5. The summed E-state index contributed by atoms with van der Waals surface area (Å²) >= 11 is 1.53. The minimum atomic E-state index is 0.179.